The number of pyridine rings is 1. The zero-order valence-electron chi connectivity index (χ0n) is 17.0. The average Bonchev–Trinajstić information content (AvgIpc) is 2.74. The zero-order chi connectivity index (χ0) is 21.7. The summed E-state index contributed by atoms with van der Waals surface area (Å²) in [4.78, 5) is 18.6. The van der Waals surface area contributed by atoms with Crippen molar-refractivity contribution in [2.75, 3.05) is 18.9 Å². The Bertz CT molecular complexity index is 1130. The molecule has 0 unspecified atom stereocenters. The van der Waals surface area contributed by atoms with E-state index in [-0.39, 0.29) is 16.4 Å². The van der Waals surface area contributed by atoms with Gasteiger partial charge in [0.05, 0.1) is 24.2 Å². The predicted molar refractivity (Wildman–Crippen MR) is 115 cm³/mol. The molecule has 1 aromatic heterocycles. The van der Waals surface area contributed by atoms with Gasteiger partial charge in [0.15, 0.2) is 0 Å². The highest BCUT2D eigenvalue weighted by Gasteiger charge is 2.21. The summed E-state index contributed by atoms with van der Waals surface area (Å²) in [5.74, 6) is 0.333. The quantitative estimate of drug-likeness (QED) is 0.626. The number of carbonyl (C=O) groups excluding carboxylic acids is 1. The number of hydrogen-bond acceptors (Lipinski definition) is 5. The van der Waals surface area contributed by atoms with E-state index in [0.29, 0.717) is 23.5 Å². The number of anilines is 1. The number of sulfonamides is 1. The Labute approximate surface area is 176 Å². The number of methoxy groups -OCH3 is 1. The fourth-order valence-corrected chi connectivity index (χ4v) is 4.25. The molecule has 0 radical (unpaired) electrons. The molecule has 3 aromatic rings. The highest BCUT2D eigenvalue weighted by atomic mass is 32.2. The summed E-state index contributed by atoms with van der Waals surface area (Å²) in [5, 5.41) is 0. The molecule has 0 bridgehead atoms. The zero-order valence-corrected chi connectivity index (χ0v) is 17.8. The van der Waals surface area contributed by atoms with Crippen molar-refractivity contribution in [2.24, 2.45) is 0 Å². The van der Waals surface area contributed by atoms with Gasteiger partial charge < -0.3 is 9.64 Å². The number of ether oxygens (including phenoxy) is 1. The van der Waals surface area contributed by atoms with Crippen molar-refractivity contribution in [3.8, 4) is 5.75 Å². The number of nitrogens with one attached hydrogen (secondary N) is 1. The summed E-state index contributed by atoms with van der Waals surface area (Å²) in [5.41, 5.74) is 1.97. The first-order chi connectivity index (χ1) is 14.3. The first kappa shape index (κ1) is 21.3. The van der Waals surface area contributed by atoms with Gasteiger partial charge in [-0.3, -0.25) is 14.5 Å². The fourth-order valence-electron chi connectivity index (χ4n) is 2.92. The minimum atomic E-state index is -3.88. The predicted octanol–water partition coefficient (Wildman–Crippen LogP) is 3.47. The third-order valence-electron chi connectivity index (χ3n) is 4.54. The van der Waals surface area contributed by atoms with E-state index < -0.39 is 10.0 Å². The number of aryl methyl sites for hydroxylation is 1. The van der Waals surface area contributed by atoms with Crippen molar-refractivity contribution < 1.29 is 17.9 Å². The Morgan fingerprint density at radius 1 is 1.10 bits per heavy atom. The minimum Gasteiger partial charge on any atom is -0.497 e. The van der Waals surface area contributed by atoms with Gasteiger partial charge in [-0.05, 0) is 61.0 Å². The molecule has 1 amide bonds. The van der Waals surface area contributed by atoms with Crippen molar-refractivity contribution in [3.63, 3.8) is 0 Å². The van der Waals surface area contributed by atoms with Crippen molar-refractivity contribution >= 4 is 21.6 Å². The Morgan fingerprint density at radius 2 is 1.83 bits per heavy atom. The highest BCUT2D eigenvalue weighted by Crippen LogP contribution is 2.23. The number of hydrogen-bond donors (Lipinski definition) is 1. The topological polar surface area (TPSA) is 88.6 Å². The van der Waals surface area contributed by atoms with Gasteiger partial charge in [0.25, 0.3) is 15.9 Å². The lowest BCUT2D eigenvalue weighted by atomic mass is 10.1. The molecule has 0 saturated heterocycles. The van der Waals surface area contributed by atoms with E-state index in [1.165, 1.54) is 18.1 Å². The first-order valence-electron chi connectivity index (χ1n) is 9.23. The van der Waals surface area contributed by atoms with Crippen molar-refractivity contribution in [1.82, 2.24) is 9.88 Å². The van der Waals surface area contributed by atoms with Gasteiger partial charge in [0, 0.05) is 24.5 Å². The van der Waals surface area contributed by atoms with Gasteiger partial charge in [-0.25, -0.2) is 8.42 Å². The van der Waals surface area contributed by atoms with E-state index in [1.54, 1.807) is 62.6 Å². The third kappa shape index (κ3) is 4.96. The number of amides is 1. The average molecular weight is 426 g/mol. The van der Waals surface area contributed by atoms with Crippen LogP contribution < -0.4 is 9.46 Å². The van der Waals surface area contributed by atoms with Crippen LogP contribution in [0.25, 0.3) is 0 Å². The van der Waals surface area contributed by atoms with Gasteiger partial charge in [-0.15, -0.1) is 0 Å². The number of nitrogens with zero attached hydrogens (tertiary/aromatic N) is 2. The minimum absolute atomic E-state index is 0.0513. The number of carbonyl (C=O) groups is 1. The van der Waals surface area contributed by atoms with Gasteiger partial charge in [-0.1, -0.05) is 12.1 Å². The molecule has 0 fully saturated rings. The van der Waals surface area contributed by atoms with Crippen LogP contribution in [0.5, 0.6) is 5.75 Å². The number of rotatable bonds is 7. The molecule has 30 heavy (non-hydrogen) atoms. The summed E-state index contributed by atoms with van der Waals surface area (Å²) in [6, 6.07) is 16.7. The van der Waals surface area contributed by atoms with Gasteiger partial charge in [0.1, 0.15) is 5.75 Å². The molecule has 1 heterocycles. The van der Waals surface area contributed by atoms with Gasteiger partial charge >= 0.3 is 0 Å². The molecule has 0 aliphatic carbocycles. The van der Waals surface area contributed by atoms with Crippen LogP contribution in [0.3, 0.4) is 0 Å². The standard InChI is InChI=1S/C22H23N3O4S/c1-16-7-8-17(22(26)25(2)15-19-6-4-5-13-23-19)14-21(16)30(27,28)24-18-9-11-20(29-3)12-10-18/h4-14,24H,15H2,1-3H3. The molecule has 0 saturated carbocycles. The SMILES string of the molecule is COc1ccc(NS(=O)(=O)c2cc(C(=O)N(C)Cc3ccccn3)ccc2C)cc1. The van der Waals surface area contributed by atoms with Gasteiger partial charge in [-0.2, -0.15) is 0 Å². The Hall–Kier alpha value is -3.39. The molecule has 0 spiro atoms. The van der Waals surface area contributed by atoms with Crippen molar-refractivity contribution in [1.29, 1.82) is 0 Å². The molecular formula is C22H23N3O4S. The summed E-state index contributed by atoms with van der Waals surface area (Å²) in [6.07, 6.45) is 1.66. The second kappa shape index (κ2) is 8.96. The maximum atomic E-state index is 12.9. The van der Waals surface area contributed by atoms with Crippen LogP contribution in [-0.4, -0.2) is 38.4 Å². The molecule has 1 N–H and O–H groups in total. The Kier molecular flexibility index (Phi) is 6.37. The summed E-state index contributed by atoms with van der Waals surface area (Å²) >= 11 is 0. The van der Waals surface area contributed by atoms with E-state index >= 15 is 0 Å². The van der Waals surface area contributed by atoms with E-state index in [4.69, 9.17) is 4.74 Å². The number of benzene rings is 2. The lowest BCUT2D eigenvalue weighted by Gasteiger charge is -2.18. The fraction of sp³-hybridized carbons (Fsp3) is 0.182. The van der Waals surface area contributed by atoms with E-state index in [0.717, 1.165) is 5.69 Å². The molecular weight excluding hydrogens is 402 g/mol. The second-order valence-corrected chi connectivity index (χ2v) is 8.45. The summed E-state index contributed by atoms with van der Waals surface area (Å²) in [7, 11) is -0.687. The largest absolute Gasteiger partial charge is 0.497 e. The second-order valence-electron chi connectivity index (χ2n) is 6.80. The smallest absolute Gasteiger partial charge is 0.262 e. The molecule has 0 aliphatic heterocycles. The Balaban J connectivity index is 1.83. The molecule has 0 atom stereocenters. The van der Waals surface area contributed by atoms with Crippen molar-refractivity contribution in [3.05, 3.63) is 83.7 Å². The van der Waals surface area contributed by atoms with E-state index in [1.807, 2.05) is 12.1 Å². The van der Waals surface area contributed by atoms with Gasteiger partial charge in [0.2, 0.25) is 0 Å². The van der Waals surface area contributed by atoms with Crippen LogP contribution in [0, 0.1) is 6.92 Å². The monoisotopic (exact) mass is 425 g/mol. The maximum absolute atomic E-state index is 12.9. The number of aromatic nitrogens is 1. The van der Waals surface area contributed by atoms with Crippen LogP contribution in [0.2, 0.25) is 0 Å². The molecule has 3 rings (SSSR count). The summed E-state index contributed by atoms with van der Waals surface area (Å²) < 4.78 is 33.5. The molecule has 0 aliphatic rings. The molecule has 8 heteroatoms. The van der Waals surface area contributed by atoms with Crippen LogP contribution in [0.4, 0.5) is 5.69 Å². The lowest BCUT2D eigenvalue weighted by Crippen LogP contribution is -2.27. The van der Waals surface area contributed by atoms with Crippen LogP contribution in [0.15, 0.2) is 71.8 Å². The van der Waals surface area contributed by atoms with E-state index in [9.17, 15) is 13.2 Å². The Morgan fingerprint density at radius 3 is 2.47 bits per heavy atom. The van der Waals surface area contributed by atoms with Crippen LogP contribution in [0.1, 0.15) is 21.6 Å². The lowest BCUT2D eigenvalue weighted by molar-refractivity contribution is 0.0783. The normalized spacial score (nSPS) is 11.0. The van der Waals surface area contributed by atoms with Crippen LogP contribution >= 0.6 is 0 Å². The highest BCUT2D eigenvalue weighted by molar-refractivity contribution is 7.92. The molecule has 7 nitrogen and oxygen atoms in total. The first-order valence-corrected chi connectivity index (χ1v) is 10.7. The summed E-state index contributed by atoms with van der Waals surface area (Å²) in [6.45, 7) is 2.01. The molecule has 156 valence electrons. The molecule has 2 aromatic carbocycles. The third-order valence-corrected chi connectivity index (χ3v) is 6.06. The van der Waals surface area contributed by atoms with Crippen LogP contribution in [-0.2, 0) is 16.6 Å². The van der Waals surface area contributed by atoms with Crippen molar-refractivity contribution in [2.45, 2.75) is 18.4 Å². The van der Waals surface area contributed by atoms with E-state index in [2.05, 4.69) is 9.71 Å². The maximum Gasteiger partial charge on any atom is 0.262 e.